The Bertz CT molecular complexity index is 2120. The van der Waals surface area contributed by atoms with Gasteiger partial charge in [0, 0.05) is 25.9 Å². The van der Waals surface area contributed by atoms with E-state index in [1.165, 1.54) is 0 Å². The molecule has 0 saturated carbocycles. The van der Waals surface area contributed by atoms with Crippen LogP contribution in [0.5, 0.6) is 0 Å². The molecule has 378 valence electrons. The van der Waals surface area contributed by atoms with Gasteiger partial charge in [0.25, 0.3) is 0 Å². The highest BCUT2D eigenvalue weighted by Gasteiger charge is 2.34. The van der Waals surface area contributed by atoms with Crippen LogP contribution in [-0.4, -0.2) is 126 Å². The first kappa shape index (κ1) is 57.3. The molecular formula is C44H67N15O10. The van der Waals surface area contributed by atoms with Gasteiger partial charge in [-0.3, -0.25) is 53.1 Å². The molecule has 0 aliphatic rings. The van der Waals surface area contributed by atoms with Crippen molar-refractivity contribution < 1.29 is 48.3 Å². The largest absolute Gasteiger partial charge is 0.481 e. The fourth-order valence-electron chi connectivity index (χ4n) is 6.71. The van der Waals surface area contributed by atoms with Gasteiger partial charge in [0.05, 0.1) is 18.9 Å². The molecule has 7 atom stereocenters. The van der Waals surface area contributed by atoms with E-state index in [2.05, 4.69) is 41.9 Å². The quantitative estimate of drug-likeness (QED) is 0.0193. The highest BCUT2D eigenvalue weighted by molar-refractivity contribution is 5.98. The predicted molar refractivity (Wildman–Crippen MR) is 254 cm³/mol. The highest BCUT2D eigenvalue weighted by Crippen LogP contribution is 2.12. The molecule has 69 heavy (non-hydrogen) atoms. The minimum atomic E-state index is -1.73. The van der Waals surface area contributed by atoms with E-state index in [-0.39, 0.29) is 75.9 Å². The zero-order valence-corrected chi connectivity index (χ0v) is 38.7. The first-order valence-electron chi connectivity index (χ1n) is 22.1. The van der Waals surface area contributed by atoms with Crippen LogP contribution in [0.2, 0.25) is 0 Å². The van der Waals surface area contributed by atoms with E-state index in [1.54, 1.807) is 74.5 Å². The van der Waals surface area contributed by atoms with Gasteiger partial charge in [-0.25, -0.2) is 0 Å². The summed E-state index contributed by atoms with van der Waals surface area (Å²) in [4.78, 5) is 127. The molecule has 0 aromatic heterocycles. The molecule has 25 heteroatoms. The molecule has 0 bridgehead atoms. The lowest BCUT2D eigenvalue weighted by molar-refractivity contribution is -0.140. The number of nitrogens with two attached hydrogens (primary N) is 7. The number of hydrogen-bond acceptors (Lipinski definition) is 12. The van der Waals surface area contributed by atoms with Crippen LogP contribution in [0.1, 0.15) is 69.9 Å². The number of amides is 8. The number of aliphatic carboxylic acids is 1. The van der Waals surface area contributed by atoms with Crippen molar-refractivity contribution in [1.29, 1.82) is 0 Å². The molecule has 0 heterocycles. The number of nitrogens with one attached hydrogen (secondary N) is 6. The lowest BCUT2D eigenvalue weighted by Crippen LogP contribution is -2.60. The Hall–Kier alpha value is -7.83. The summed E-state index contributed by atoms with van der Waals surface area (Å²) in [5, 5.41) is 24.4. The first-order valence-corrected chi connectivity index (χ1v) is 22.1. The van der Waals surface area contributed by atoms with Crippen molar-refractivity contribution in [2.75, 3.05) is 13.1 Å². The van der Waals surface area contributed by atoms with Gasteiger partial charge in [0.15, 0.2) is 11.9 Å². The van der Waals surface area contributed by atoms with Gasteiger partial charge in [0.2, 0.25) is 47.3 Å². The maximum absolute atomic E-state index is 14.3. The van der Waals surface area contributed by atoms with E-state index in [0.717, 1.165) is 0 Å². The third kappa shape index (κ3) is 23.0. The summed E-state index contributed by atoms with van der Waals surface area (Å²) in [6.07, 6.45) is -1.46. The van der Waals surface area contributed by atoms with Gasteiger partial charge in [-0.05, 0) is 49.1 Å². The maximum atomic E-state index is 14.3. The summed E-state index contributed by atoms with van der Waals surface area (Å²) in [7, 11) is 0. The number of carboxylic acid groups (broad SMARTS) is 1. The molecule has 0 radical (unpaired) electrons. The van der Waals surface area contributed by atoms with Crippen molar-refractivity contribution in [3.05, 3.63) is 71.8 Å². The minimum absolute atomic E-state index is 0.0108. The Morgan fingerprint density at radius 1 is 0.507 bits per heavy atom. The zero-order valence-electron chi connectivity index (χ0n) is 38.7. The lowest BCUT2D eigenvalue weighted by Gasteiger charge is -2.28. The van der Waals surface area contributed by atoms with Crippen molar-refractivity contribution in [3.63, 3.8) is 0 Å². The van der Waals surface area contributed by atoms with E-state index in [1.807, 2.05) is 0 Å². The smallest absolute Gasteiger partial charge is 0.305 e. The molecule has 2 aromatic rings. The van der Waals surface area contributed by atoms with Crippen LogP contribution in [0.4, 0.5) is 0 Å². The molecule has 2 aromatic carbocycles. The number of carbonyl (C=O) groups excluding carboxylic acids is 8. The lowest BCUT2D eigenvalue weighted by atomic mass is 9.99. The second-order valence-electron chi connectivity index (χ2n) is 16.6. The van der Waals surface area contributed by atoms with E-state index >= 15 is 0 Å². The topological polar surface area (TPSA) is 453 Å². The van der Waals surface area contributed by atoms with Crippen molar-refractivity contribution in [1.82, 2.24) is 31.9 Å². The molecule has 25 nitrogen and oxygen atoms in total. The SMILES string of the molecule is CC(C)CC(NC(=O)C(Cc1ccccc1)NC(=O)C(CC(N)=O)NC(=O)C(CCCN=C(N)N)NC(=O)C(N)CC(=O)O)C(=O)NC(CCCN=C(N)N)C(=O)NC(Cc1ccccc1)C(N)=O. The predicted octanol–water partition coefficient (Wildman–Crippen LogP) is -4.30. The van der Waals surface area contributed by atoms with Crippen LogP contribution in [0.25, 0.3) is 0 Å². The molecule has 21 N–H and O–H groups in total. The second kappa shape index (κ2) is 29.7. The monoisotopic (exact) mass is 966 g/mol. The molecule has 7 unspecified atom stereocenters. The Kier molecular flexibility index (Phi) is 24.7. The number of benzene rings is 2. The normalized spacial score (nSPS) is 13.9. The number of carboxylic acids is 1. The molecule has 8 amide bonds. The van der Waals surface area contributed by atoms with Crippen molar-refractivity contribution >= 4 is 65.1 Å². The third-order valence-corrected chi connectivity index (χ3v) is 10.1. The summed E-state index contributed by atoms with van der Waals surface area (Å²) in [5.41, 5.74) is 39.8. The van der Waals surface area contributed by atoms with Gasteiger partial charge < -0.3 is 77.1 Å². The standard InChI is InChI=1S/C44H67N15O10/c1-24(2)19-31(40(67)55-29(16-10-18-53-44(50)51)38(65)56-30(36(47)63)20-25-11-5-3-6-12-25)57-41(68)32(21-26-13-7-4-8-14-26)58-42(69)33(23-34(46)60)59-39(66)28(15-9-17-52-43(48)49)54-37(64)27(45)22-35(61)62/h3-8,11-14,24,27-33H,9-10,15-23,45H2,1-2H3,(H2,46,60)(H2,47,63)(H,54,64)(H,55,67)(H,56,65)(H,57,68)(H,58,69)(H,59,66)(H,61,62)(H4,48,49,52)(H4,50,51,53). The number of carbonyl (C=O) groups is 9. The summed E-state index contributed by atoms with van der Waals surface area (Å²) >= 11 is 0. The molecule has 0 aliphatic carbocycles. The average molecular weight is 966 g/mol. The van der Waals surface area contributed by atoms with Crippen molar-refractivity contribution in [3.8, 4) is 0 Å². The fourth-order valence-corrected chi connectivity index (χ4v) is 6.71. The van der Waals surface area contributed by atoms with Gasteiger partial charge in [0.1, 0.15) is 36.3 Å². The first-order chi connectivity index (χ1) is 32.6. The molecule has 0 fully saturated rings. The molecule has 0 spiro atoms. The Morgan fingerprint density at radius 2 is 0.884 bits per heavy atom. The third-order valence-electron chi connectivity index (χ3n) is 10.1. The molecule has 0 aliphatic heterocycles. The summed E-state index contributed by atoms with van der Waals surface area (Å²) < 4.78 is 0. The fraction of sp³-hybridized carbons (Fsp3) is 0.477. The van der Waals surface area contributed by atoms with Gasteiger partial charge >= 0.3 is 5.97 Å². The van der Waals surface area contributed by atoms with Gasteiger partial charge in [-0.1, -0.05) is 74.5 Å². The van der Waals surface area contributed by atoms with E-state index in [9.17, 15) is 43.2 Å². The minimum Gasteiger partial charge on any atom is -0.481 e. The number of nitrogens with zero attached hydrogens (tertiary/aromatic N) is 2. The summed E-state index contributed by atoms with van der Waals surface area (Å²) in [5.74, 6) is -9.40. The van der Waals surface area contributed by atoms with Crippen molar-refractivity contribution in [2.24, 2.45) is 56.0 Å². The zero-order chi connectivity index (χ0) is 51.6. The number of guanidine groups is 2. The van der Waals surface area contributed by atoms with Crippen molar-refractivity contribution in [2.45, 2.75) is 114 Å². The van der Waals surface area contributed by atoms with Crippen LogP contribution in [0.15, 0.2) is 70.6 Å². The Morgan fingerprint density at radius 3 is 1.32 bits per heavy atom. The van der Waals surface area contributed by atoms with Crippen LogP contribution in [0, 0.1) is 5.92 Å². The second-order valence-corrected chi connectivity index (χ2v) is 16.6. The van der Waals surface area contributed by atoms with Crippen LogP contribution < -0.4 is 72.0 Å². The number of primary amides is 2. The average Bonchev–Trinajstić information content (AvgIpc) is 3.27. The van der Waals surface area contributed by atoms with Crippen LogP contribution >= 0.6 is 0 Å². The summed E-state index contributed by atoms with van der Waals surface area (Å²) in [6, 6.07) is 7.26. The van der Waals surface area contributed by atoms with Gasteiger partial charge in [-0.15, -0.1) is 0 Å². The summed E-state index contributed by atoms with van der Waals surface area (Å²) in [6.45, 7) is 3.66. The van der Waals surface area contributed by atoms with Crippen LogP contribution in [0.3, 0.4) is 0 Å². The van der Waals surface area contributed by atoms with E-state index in [0.29, 0.717) is 11.1 Å². The maximum Gasteiger partial charge on any atom is 0.305 e. The number of hydrogen-bond donors (Lipinski definition) is 14. The molecule has 0 saturated heterocycles. The van der Waals surface area contributed by atoms with E-state index in [4.69, 9.17) is 45.2 Å². The van der Waals surface area contributed by atoms with Gasteiger partial charge in [-0.2, -0.15) is 0 Å². The van der Waals surface area contributed by atoms with Crippen LogP contribution in [-0.2, 0) is 56.0 Å². The Balaban J connectivity index is 2.46. The van der Waals surface area contributed by atoms with E-state index < -0.39 is 108 Å². The number of aliphatic imine (C=N–C) groups is 2. The number of rotatable bonds is 31. The molecule has 2 rings (SSSR count). The Labute approximate surface area is 399 Å². The highest BCUT2D eigenvalue weighted by atomic mass is 16.4. The molecular weight excluding hydrogens is 899 g/mol.